The largest absolute Gasteiger partial charge is 0.487 e. The van der Waals surface area contributed by atoms with Crippen LogP contribution < -0.4 is 10.1 Å². The highest BCUT2D eigenvalue weighted by molar-refractivity contribution is 5.67. The first-order valence-electron chi connectivity index (χ1n) is 14.1. The Hall–Kier alpha value is -4.68. The molecule has 4 aromatic rings. The molecule has 2 aromatic carbocycles. The minimum Gasteiger partial charge on any atom is -0.487 e. The summed E-state index contributed by atoms with van der Waals surface area (Å²) in [6.07, 6.45) is 4.14. The Bertz CT molecular complexity index is 1530. The third-order valence-electron chi connectivity index (χ3n) is 6.30. The highest BCUT2D eigenvalue weighted by atomic mass is 19.4. The van der Waals surface area contributed by atoms with E-state index in [0.717, 1.165) is 49.2 Å². The van der Waals surface area contributed by atoms with Gasteiger partial charge in [-0.3, -0.25) is 4.68 Å². The van der Waals surface area contributed by atoms with Crippen LogP contribution in [0.3, 0.4) is 0 Å². The molecule has 0 saturated heterocycles. The maximum absolute atomic E-state index is 14.0. The second-order valence-electron chi connectivity index (χ2n) is 10.3. The molecule has 44 heavy (non-hydrogen) atoms. The van der Waals surface area contributed by atoms with Gasteiger partial charge >= 0.3 is 12.3 Å². The number of benzene rings is 2. The van der Waals surface area contributed by atoms with E-state index < -0.39 is 23.7 Å². The molecule has 0 radical (unpaired) electrons. The number of amides is 1. The predicted molar refractivity (Wildman–Crippen MR) is 154 cm³/mol. The van der Waals surface area contributed by atoms with Gasteiger partial charge in [-0.1, -0.05) is 23.4 Å². The summed E-state index contributed by atoms with van der Waals surface area (Å²) in [5.41, 5.74) is 1.36. The summed E-state index contributed by atoms with van der Waals surface area (Å²) in [6.45, 7) is 4.84. The van der Waals surface area contributed by atoms with Crippen molar-refractivity contribution in [3.05, 3.63) is 94.7 Å². The zero-order valence-corrected chi connectivity index (χ0v) is 24.3. The summed E-state index contributed by atoms with van der Waals surface area (Å²) < 4.78 is 70.2. The van der Waals surface area contributed by atoms with E-state index in [-0.39, 0.29) is 30.7 Å². The zero-order chi connectivity index (χ0) is 31.5. The second kappa shape index (κ2) is 15.2. The lowest BCUT2D eigenvalue weighted by Gasteiger charge is -2.08. The van der Waals surface area contributed by atoms with Crippen molar-refractivity contribution in [3.8, 4) is 5.75 Å². The lowest BCUT2D eigenvalue weighted by Crippen LogP contribution is -2.31. The Labute approximate surface area is 251 Å². The van der Waals surface area contributed by atoms with Gasteiger partial charge in [-0.05, 0) is 69.0 Å². The summed E-state index contributed by atoms with van der Waals surface area (Å²) in [4.78, 5) is 15.8. The minimum absolute atomic E-state index is 0.0202. The van der Waals surface area contributed by atoms with Gasteiger partial charge in [0.1, 0.15) is 30.1 Å². The quantitative estimate of drug-likeness (QED) is 0.122. The fourth-order valence-corrected chi connectivity index (χ4v) is 4.07. The Morgan fingerprint density at radius 3 is 2.59 bits per heavy atom. The number of unbranched alkanes of at least 4 members (excludes halogenated alkanes) is 1. The van der Waals surface area contributed by atoms with Crippen LogP contribution in [0.5, 0.6) is 5.75 Å². The van der Waals surface area contributed by atoms with E-state index in [9.17, 15) is 22.4 Å². The number of carbonyl (C=O) groups excluding carboxylic acids is 1. The fraction of sp³-hybridized carbons (Fsp3) is 0.355. The number of alkyl halides is 3. The average Bonchev–Trinajstić information content (AvgIpc) is 3.62. The normalized spacial score (nSPS) is 11.8. The maximum atomic E-state index is 14.0. The van der Waals surface area contributed by atoms with Gasteiger partial charge in [0, 0.05) is 36.8 Å². The molecule has 1 amide bonds. The lowest BCUT2D eigenvalue weighted by atomic mass is 10.1. The molecule has 0 unspecified atom stereocenters. The molecular formula is C31H33F4N5O4. The van der Waals surface area contributed by atoms with Gasteiger partial charge in [0.15, 0.2) is 0 Å². The van der Waals surface area contributed by atoms with Crippen molar-refractivity contribution >= 4 is 18.2 Å². The fourth-order valence-electron chi connectivity index (χ4n) is 4.07. The molecule has 0 fully saturated rings. The first-order chi connectivity index (χ1) is 21.0. The molecule has 9 nitrogen and oxygen atoms in total. The molecule has 1 N–H and O–H groups in total. The smallest absolute Gasteiger partial charge is 0.416 e. The van der Waals surface area contributed by atoms with Crippen LogP contribution in [-0.2, 0) is 36.9 Å². The van der Waals surface area contributed by atoms with Gasteiger partial charge in [0.2, 0.25) is 5.89 Å². The van der Waals surface area contributed by atoms with Crippen molar-refractivity contribution in [2.75, 3.05) is 6.61 Å². The Kier molecular flexibility index (Phi) is 11.1. The third-order valence-corrected chi connectivity index (χ3v) is 6.30. The van der Waals surface area contributed by atoms with Gasteiger partial charge < -0.3 is 19.2 Å². The van der Waals surface area contributed by atoms with Gasteiger partial charge in [-0.2, -0.15) is 13.2 Å². The Morgan fingerprint density at radius 1 is 1.07 bits per heavy atom. The van der Waals surface area contributed by atoms with Crippen molar-refractivity contribution in [2.24, 2.45) is 0 Å². The van der Waals surface area contributed by atoms with Crippen molar-refractivity contribution in [3.63, 3.8) is 0 Å². The number of alkyl carbamates (subject to hydrolysis) is 1. The third kappa shape index (κ3) is 10.2. The van der Waals surface area contributed by atoms with Gasteiger partial charge in [0.05, 0.1) is 17.9 Å². The van der Waals surface area contributed by atoms with Crippen LogP contribution in [0.1, 0.15) is 60.7 Å². The zero-order valence-electron chi connectivity index (χ0n) is 24.3. The second-order valence-corrected chi connectivity index (χ2v) is 10.3. The van der Waals surface area contributed by atoms with E-state index in [1.54, 1.807) is 4.68 Å². The van der Waals surface area contributed by atoms with E-state index in [1.165, 1.54) is 18.4 Å². The predicted octanol–water partition coefficient (Wildman–Crippen LogP) is 6.87. The number of aryl methyl sites for hydroxylation is 2. The van der Waals surface area contributed by atoms with Crippen LogP contribution in [0.25, 0.3) is 12.2 Å². The number of nitrogens with zero attached hydrogens (tertiary/aromatic N) is 4. The van der Waals surface area contributed by atoms with Crippen LogP contribution in [-0.4, -0.2) is 38.7 Å². The Balaban J connectivity index is 1.14. The topological polar surface area (TPSA) is 104 Å². The molecular weight excluding hydrogens is 582 g/mol. The number of rotatable bonds is 14. The molecule has 0 spiro atoms. The number of halogens is 4. The Morgan fingerprint density at radius 2 is 1.86 bits per heavy atom. The monoisotopic (exact) mass is 615 g/mol. The first-order valence-corrected chi connectivity index (χ1v) is 14.1. The highest BCUT2D eigenvalue weighted by Crippen LogP contribution is 2.30. The molecule has 234 valence electrons. The van der Waals surface area contributed by atoms with Crippen LogP contribution in [0.2, 0.25) is 0 Å². The minimum atomic E-state index is -4.61. The number of hydrogen-bond donors (Lipinski definition) is 1. The van der Waals surface area contributed by atoms with Crippen molar-refractivity contribution in [1.29, 1.82) is 0 Å². The summed E-state index contributed by atoms with van der Waals surface area (Å²) >= 11 is 0. The molecule has 0 saturated carbocycles. The van der Waals surface area contributed by atoms with E-state index in [2.05, 4.69) is 20.6 Å². The standard InChI is InChI=1S/C31H33F4N5O4/c1-21(2)36-30(41)42-16-14-25-18-40(39-38-25)15-4-3-5-22-6-11-27(12-7-22)43-19-26-20-44-29(37-26)13-9-23-8-10-24(17-28(23)32)31(33,34)35/h6-13,17-18,20-21H,3-5,14-16,19H2,1-2H3,(H,36,41)/b13-9+. The summed E-state index contributed by atoms with van der Waals surface area (Å²) in [5.74, 6) is -0.173. The molecule has 0 aliphatic rings. The molecule has 4 rings (SSSR count). The van der Waals surface area contributed by atoms with Crippen molar-refractivity contribution in [1.82, 2.24) is 25.3 Å². The van der Waals surface area contributed by atoms with Gasteiger partial charge in [-0.25, -0.2) is 14.2 Å². The number of oxazole rings is 1. The molecule has 0 bridgehead atoms. The van der Waals surface area contributed by atoms with Gasteiger partial charge in [-0.15, -0.1) is 5.10 Å². The van der Waals surface area contributed by atoms with Crippen molar-refractivity contribution < 1.29 is 36.2 Å². The average molecular weight is 616 g/mol. The molecule has 0 atom stereocenters. The lowest BCUT2D eigenvalue weighted by molar-refractivity contribution is -0.137. The van der Waals surface area contributed by atoms with Crippen LogP contribution >= 0.6 is 0 Å². The summed E-state index contributed by atoms with van der Waals surface area (Å²) in [5, 5.41) is 10.9. The molecule has 13 heteroatoms. The highest BCUT2D eigenvalue weighted by Gasteiger charge is 2.31. The van der Waals surface area contributed by atoms with E-state index in [0.29, 0.717) is 23.9 Å². The number of ether oxygens (including phenoxy) is 2. The number of nitrogens with one attached hydrogen (secondary N) is 1. The first kappa shape index (κ1) is 32.2. The molecule has 2 aromatic heterocycles. The number of carbonyl (C=O) groups is 1. The molecule has 2 heterocycles. The number of hydrogen-bond acceptors (Lipinski definition) is 7. The van der Waals surface area contributed by atoms with Crippen LogP contribution in [0.4, 0.5) is 22.4 Å². The number of aromatic nitrogens is 4. The van der Waals surface area contributed by atoms with Gasteiger partial charge in [0.25, 0.3) is 0 Å². The van der Waals surface area contributed by atoms with E-state index >= 15 is 0 Å². The SMILES string of the molecule is CC(C)NC(=O)OCCc1cn(CCCCc2ccc(OCc3coc(/C=C/c4ccc(C(F)(F)F)cc4F)n3)cc2)nn1. The van der Waals surface area contributed by atoms with E-state index in [4.69, 9.17) is 13.9 Å². The van der Waals surface area contributed by atoms with Crippen LogP contribution in [0, 0.1) is 5.82 Å². The molecule has 0 aliphatic heterocycles. The molecule has 0 aliphatic carbocycles. The summed E-state index contributed by atoms with van der Waals surface area (Å²) in [6, 6.07) is 10.1. The van der Waals surface area contributed by atoms with Crippen molar-refractivity contribution in [2.45, 2.75) is 64.9 Å². The van der Waals surface area contributed by atoms with Crippen LogP contribution in [0.15, 0.2) is 59.3 Å². The maximum Gasteiger partial charge on any atom is 0.416 e. The summed E-state index contributed by atoms with van der Waals surface area (Å²) in [7, 11) is 0. The van der Waals surface area contributed by atoms with E-state index in [1.807, 2.05) is 44.3 Å².